The monoisotopic (exact) mass is 142 g/mol. The maximum atomic E-state index is 8.44. The molecule has 4 nitrogen and oxygen atoms in total. The molecule has 5 heteroatoms. The van der Waals surface area contributed by atoms with E-state index in [1.165, 1.54) is 0 Å². The first-order valence-corrected chi connectivity index (χ1v) is 0.632. The van der Waals surface area contributed by atoms with Crippen LogP contribution in [0.2, 0.25) is 0 Å². The van der Waals surface area contributed by atoms with Crippen LogP contribution in [0.15, 0.2) is 0 Å². The zero-order valence-electron chi connectivity index (χ0n) is 3.18. The van der Waals surface area contributed by atoms with Crippen LogP contribution in [0.25, 0.3) is 0 Å². The molecule has 0 bridgehead atoms. The summed E-state index contributed by atoms with van der Waals surface area (Å²) >= 11 is 0. The Kier molecular flexibility index (Phi) is 25.0. The molecule has 0 aliphatic carbocycles. The molecule has 0 saturated carbocycles. The van der Waals surface area contributed by atoms with Crippen molar-refractivity contribution in [1.82, 2.24) is 6.15 Å². The third kappa shape index (κ3) is 1460. The predicted octanol–water partition coefficient (Wildman–Crippen LogP) is -0.953. The summed E-state index contributed by atoms with van der Waals surface area (Å²) < 4.78 is 0. The van der Waals surface area contributed by atoms with E-state index in [4.69, 9.17) is 15.0 Å². The van der Waals surface area contributed by atoms with Crippen molar-refractivity contribution in [2.45, 2.75) is 0 Å². The first-order valence-electron chi connectivity index (χ1n) is 0.632. The fraction of sp³-hybridized carbons (Fsp3) is 0. The average molecular weight is 143 g/mol. The number of carboxylic acid groups (broad SMARTS) is 2. The van der Waals surface area contributed by atoms with Gasteiger partial charge < -0.3 is 21.2 Å². The minimum Gasteiger partial charge on any atom is -0.565 e. The first kappa shape index (κ1) is 16.9. The van der Waals surface area contributed by atoms with Crippen LogP contribution in [0, 0.1) is 0 Å². The minimum absolute atomic E-state index is 0. The zero-order chi connectivity index (χ0) is 3.58. The Bertz CT molecular complexity index is 33.8. The van der Waals surface area contributed by atoms with Gasteiger partial charge >= 0.3 is 19.5 Å². The van der Waals surface area contributed by atoms with Crippen LogP contribution < -0.4 is 11.3 Å². The van der Waals surface area contributed by atoms with Crippen molar-refractivity contribution in [3.8, 4) is 0 Å². The molecule has 0 unspecified atom stereocenters. The summed E-state index contributed by atoms with van der Waals surface area (Å²) in [5.74, 6) is 0. The third-order valence-corrected chi connectivity index (χ3v) is 0. The van der Waals surface area contributed by atoms with Crippen LogP contribution >= 0.6 is 0 Å². The van der Waals surface area contributed by atoms with Gasteiger partial charge in [-0.05, 0) is 0 Å². The van der Waals surface area contributed by atoms with Gasteiger partial charge in [0.05, 0.1) is 0 Å². The smallest absolute Gasteiger partial charge is 0.565 e. The van der Waals surface area contributed by atoms with Gasteiger partial charge in [0.2, 0.25) is 6.16 Å². The van der Waals surface area contributed by atoms with Crippen LogP contribution in [0.3, 0.4) is 0 Å². The fourth-order valence-corrected chi connectivity index (χ4v) is 0. The first-order chi connectivity index (χ1) is 1.73. The van der Waals surface area contributed by atoms with Gasteiger partial charge in [0.15, 0.2) is 0 Å². The van der Waals surface area contributed by atoms with Crippen LogP contribution in [-0.4, -0.2) is 11.3 Å². The molecular weight excluding hydrogens is 139 g/mol. The molecule has 0 aromatic heterocycles. The van der Waals surface area contributed by atoms with E-state index >= 15 is 0 Å². The average Bonchev–Trinajstić information content (AvgIpc) is 0.811. The summed E-state index contributed by atoms with van der Waals surface area (Å²) in [5.41, 5.74) is 0. The molecule has 0 atom stereocenters. The number of carbonyl (C=O) groups is 1. The summed E-state index contributed by atoms with van der Waals surface area (Å²) in [6.45, 7) is 0. The van der Waals surface area contributed by atoms with Gasteiger partial charge in [-0.3, -0.25) is 0 Å². The van der Waals surface area contributed by atoms with Crippen molar-refractivity contribution in [3.05, 3.63) is 0 Å². The Morgan fingerprint density at radius 3 is 1.67 bits per heavy atom. The normalized spacial score (nSPS) is 4.00. The number of rotatable bonds is 0. The number of hydrogen-bond donors (Lipinski definition) is 2. The molecule has 33 valence electrons. The van der Waals surface area contributed by atoms with E-state index in [-0.39, 0.29) is 25.6 Å². The van der Waals surface area contributed by atoms with Crippen molar-refractivity contribution >= 4 is 6.16 Å². The molecule has 0 fully saturated rings. The van der Waals surface area contributed by atoms with Gasteiger partial charge in [0.1, 0.15) is 0 Å². The molecule has 0 rings (SSSR count). The van der Waals surface area contributed by atoms with Crippen LogP contribution in [0.1, 0.15) is 0 Å². The standard InChI is InChI=1S/CH2O3.H3N.Zn/c2-1(3)4;;/h(H2,2,3,4);1H3;/q;;+1/p-1. The van der Waals surface area contributed by atoms with E-state index in [1.807, 2.05) is 0 Å². The summed E-state index contributed by atoms with van der Waals surface area (Å²) in [7, 11) is 0. The maximum absolute atomic E-state index is 8.44. The van der Waals surface area contributed by atoms with E-state index in [0.29, 0.717) is 0 Å². The quantitative estimate of drug-likeness (QED) is 0.427. The second kappa shape index (κ2) is 8.85. The second-order valence-corrected chi connectivity index (χ2v) is 0.266. The van der Waals surface area contributed by atoms with E-state index < -0.39 is 6.16 Å². The topological polar surface area (TPSA) is 95.4 Å². The van der Waals surface area contributed by atoms with Gasteiger partial charge in [0.25, 0.3) is 0 Å². The molecular formula is CH4NO3Zn. The Balaban J connectivity index is -0.0000000450. The molecule has 0 heterocycles. The Morgan fingerprint density at radius 2 is 1.67 bits per heavy atom. The Hall–Kier alpha value is -0.147. The molecule has 0 aliphatic heterocycles. The zero-order valence-corrected chi connectivity index (χ0v) is 6.15. The molecule has 0 aromatic carbocycles. The van der Waals surface area contributed by atoms with Crippen LogP contribution in [0.4, 0.5) is 4.79 Å². The summed E-state index contributed by atoms with van der Waals surface area (Å²) in [6, 6.07) is 0. The van der Waals surface area contributed by atoms with Gasteiger partial charge in [-0.25, -0.2) is 0 Å². The molecule has 0 aliphatic rings. The maximum Gasteiger partial charge on any atom is 1.00 e. The molecule has 4 N–H and O–H groups in total. The SMILES string of the molecule is N.O=C([O-])O.[Zn+]. The predicted molar refractivity (Wildman–Crippen MR) is 13.0 cm³/mol. The molecule has 6 heavy (non-hydrogen) atoms. The molecule has 0 aromatic rings. The summed E-state index contributed by atoms with van der Waals surface area (Å²) in [6.07, 6.45) is -2.08. The van der Waals surface area contributed by atoms with Crippen molar-refractivity contribution < 1.29 is 34.5 Å². The van der Waals surface area contributed by atoms with Gasteiger partial charge in [-0.2, -0.15) is 0 Å². The largest absolute Gasteiger partial charge is 1.00 e. The van der Waals surface area contributed by atoms with E-state index in [0.717, 1.165) is 0 Å². The van der Waals surface area contributed by atoms with E-state index in [9.17, 15) is 0 Å². The van der Waals surface area contributed by atoms with Gasteiger partial charge in [-0.1, -0.05) is 0 Å². The van der Waals surface area contributed by atoms with Crippen molar-refractivity contribution in [3.63, 3.8) is 0 Å². The fourth-order valence-electron chi connectivity index (χ4n) is 0. The third-order valence-electron chi connectivity index (χ3n) is 0. The van der Waals surface area contributed by atoms with Crippen molar-refractivity contribution in [2.75, 3.05) is 0 Å². The number of hydrogen-bond acceptors (Lipinski definition) is 3. The molecule has 0 amide bonds. The molecule has 0 saturated heterocycles. The Morgan fingerprint density at radius 1 is 1.67 bits per heavy atom. The van der Waals surface area contributed by atoms with Crippen molar-refractivity contribution in [1.29, 1.82) is 0 Å². The van der Waals surface area contributed by atoms with Crippen LogP contribution in [-0.2, 0) is 19.5 Å². The van der Waals surface area contributed by atoms with E-state index in [2.05, 4.69) is 0 Å². The van der Waals surface area contributed by atoms with Crippen molar-refractivity contribution in [2.24, 2.45) is 0 Å². The van der Waals surface area contributed by atoms with Crippen LogP contribution in [0.5, 0.6) is 0 Å². The second-order valence-electron chi connectivity index (χ2n) is 0.266. The minimum atomic E-state index is -2.08. The summed E-state index contributed by atoms with van der Waals surface area (Å²) in [5, 5.41) is 15.3. The molecule has 0 spiro atoms. The summed E-state index contributed by atoms with van der Waals surface area (Å²) in [4.78, 5) is 8.44. The molecule has 1 radical (unpaired) electrons. The Labute approximate surface area is 47.5 Å². The van der Waals surface area contributed by atoms with Gasteiger partial charge in [0, 0.05) is 0 Å². The van der Waals surface area contributed by atoms with Gasteiger partial charge in [-0.15, -0.1) is 0 Å². The van der Waals surface area contributed by atoms with E-state index in [1.54, 1.807) is 0 Å².